The molecule has 0 spiro atoms. The lowest BCUT2D eigenvalue weighted by Gasteiger charge is -2.39. The Morgan fingerprint density at radius 2 is 2.05 bits per heavy atom. The highest BCUT2D eigenvalue weighted by Gasteiger charge is 2.40. The van der Waals surface area contributed by atoms with E-state index in [2.05, 4.69) is 13.8 Å². The summed E-state index contributed by atoms with van der Waals surface area (Å²) < 4.78 is 0. The number of benzene rings is 1. The summed E-state index contributed by atoms with van der Waals surface area (Å²) >= 11 is 12.3. The van der Waals surface area contributed by atoms with Crippen molar-refractivity contribution in [3.05, 3.63) is 33.8 Å². The average molecular weight is 301 g/mol. The maximum Gasteiger partial charge on any atom is 0.307 e. The quantitative estimate of drug-likeness (QED) is 0.835. The van der Waals surface area contributed by atoms with Gasteiger partial charge in [0, 0.05) is 10.0 Å². The second-order valence-electron chi connectivity index (χ2n) is 6.12. The lowest BCUT2D eigenvalue weighted by atomic mass is 9.65. The highest BCUT2D eigenvalue weighted by Crippen LogP contribution is 2.48. The predicted octanol–water partition coefficient (Wildman–Crippen LogP) is 4.99. The summed E-state index contributed by atoms with van der Waals surface area (Å²) in [5.41, 5.74) is 1.01. The van der Waals surface area contributed by atoms with E-state index in [9.17, 15) is 9.90 Å². The topological polar surface area (TPSA) is 37.3 Å². The van der Waals surface area contributed by atoms with Crippen LogP contribution in [0.5, 0.6) is 0 Å². The van der Waals surface area contributed by atoms with Gasteiger partial charge >= 0.3 is 5.97 Å². The number of hydrogen-bond acceptors (Lipinski definition) is 1. The normalized spacial score (nSPS) is 26.1. The second kappa shape index (κ2) is 5.34. The summed E-state index contributed by atoms with van der Waals surface area (Å²) in [5.74, 6) is -1.17. The fourth-order valence-electron chi connectivity index (χ4n) is 3.01. The van der Waals surface area contributed by atoms with Crippen LogP contribution in [-0.4, -0.2) is 11.1 Å². The molecule has 2 unspecified atom stereocenters. The van der Waals surface area contributed by atoms with Crippen molar-refractivity contribution in [2.45, 2.75) is 39.0 Å². The van der Waals surface area contributed by atoms with E-state index in [4.69, 9.17) is 23.2 Å². The Bertz CT molecular complexity index is 497. The molecule has 0 radical (unpaired) electrons. The summed E-state index contributed by atoms with van der Waals surface area (Å²) in [4.78, 5) is 11.5. The molecular formula is C15H18Cl2O2. The van der Waals surface area contributed by atoms with Crippen molar-refractivity contribution in [2.75, 3.05) is 0 Å². The molecule has 1 saturated carbocycles. The van der Waals surface area contributed by atoms with Gasteiger partial charge in [-0.3, -0.25) is 4.79 Å². The van der Waals surface area contributed by atoms with Crippen molar-refractivity contribution in [2.24, 2.45) is 11.3 Å². The predicted molar refractivity (Wildman–Crippen MR) is 78.0 cm³/mol. The monoisotopic (exact) mass is 300 g/mol. The molecular weight excluding hydrogens is 283 g/mol. The molecule has 1 N–H and O–H groups in total. The minimum Gasteiger partial charge on any atom is -0.481 e. The van der Waals surface area contributed by atoms with E-state index in [0.717, 1.165) is 18.4 Å². The number of halogens is 2. The molecule has 104 valence electrons. The maximum absolute atomic E-state index is 11.5. The van der Waals surface area contributed by atoms with Gasteiger partial charge in [-0.05, 0) is 54.4 Å². The SMILES string of the molecule is CC1(C)CCC(C(=O)O)C(c2cc(Cl)ccc2Cl)C1. The van der Waals surface area contributed by atoms with Gasteiger partial charge in [0.05, 0.1) is 5.92 Å². The second-order valence-corrected chi connectivity index (χ2v) is 6.97. The molecule has 1 aliphatic carbocycles. The first kappa shape index (κ1) is 14.7. The molecule has 4 heteroatoms. The summed E-state index contributed by atoms with van der Waals surface area (Å²) in [6.45, 7) is 4.35. The van der Waals surface area contributed by atoms with E-state index >= 15 is 0 Å². The Hall–Kier alpha value is -0.730. The lowest BCUT2D eigenvalue weighted by molar-refractivity contribution is -0.144. The molecule has 0 aliphatic heterocycles. The van der Waals surface area contributed by atoms with Gasteiger partial charge in [0.2, 0.25) is 0 Å². The zero-order valence-electron chi connectivity index (χ0n) is 11.1. The van der Waals surface area contributed by atoms with Crippen LogP contribution in [0.3, 0.4) is 0 Å². The minimum absolute atomic E-state index is 0.0625. The van der Waals surface area contributed by atoms with Crippen molar-refractivity contribution < 1.29 is 9.90 Å². The van der Waals surface area contributed by atoms with Crippen molar-refractivity contribution in [3.63, 3.8) is 0 Å². The fourth-order valence-corrected chi connectivity index (χ4v) is 3.45. The lowest BCUT2D eigenvalue weighted by Crippen LogP contribution is -2.33. The van der Waals surface area contributed by atoms with Crippen LogP contribution in [0.4, 0.5) is 0 Å². The summed E-state index contributed by atoms with van der Waals surface area (Å²) in [7, 11) is 0. The van der Waals surface area contributed by atoms with E-state index in [-0.39, 0.29) is 17.3 Å². The van der Waals surface area contributed by atoms with Gasteiger partial charge in [-0.15, -0.1) is 0 Å². The zero-order valence-corrected chi connectivity index (χ0v) is 12.6. The minimum atomic E-state index is -0.739. The van der Waals surface area contributed by atoms with Crippen LogP contribution in [0.2, 0.25) is 10.0 Å². The van der Waals surface area contributed by atoms with Gasteiger partial charge in [-0.25, -0.2) is 0 Å². The molecule has 0 aromatic heterocycles. The largest absolute Gasteiger partial charge is 0.481 e. The summed E-state index contributed by atoms with van der Waals surface area (Å²) in [5, 5.41) is 10.6. The highest BCUT2D eigenvalue weighted by molar-refractivity contribution is 6.33. The number of carboxylic acids is 1. The van der Waals surface area contributed by atoms with Crippen LogP contribution in [-0.2, 0) is 4.79 Å². The van der Waals surface area contributed by atoms with Crippen LogP contribution in [0, 0.1) is 11.3 Å². The van der Waals surface area contributed by atoms with Gasteiger partial charge in [-0.1, -0.05) is 37.0 Å². The summed E-state index contributed by atoms with van der Waals surface area (Å²) in [6, 6.07) is 5.29. The molecule has 2 atom stereocenters. The van der Waals surface area contributed by atoms with Crippen molar-refractivity contribution >= 4 is 29.2 Å². The molecule has 0 heterocycles. The molecule has 0 saturated heterocycles. The Morgan fingerprint density at radius 3 is 2.68 bits per heavy atom. The Kier molecular flexibility index (Phi) is 4.12. The number of rotatable bonds is 2. The van der Waals surface area contributed by atoms with Gasteiger partial charge < -0.3 is 5.11 Å². The number of carboxylic acid groups (broad SMARTS) is 1. The fraction of sp³-hybridized carbons (Fsp3) is 0.533. The Balaban J connectivity index is 2.41. The standard InChI is InChI=1S/C15H18Cl2O2/c1-15(2)6-5-10(14(18)19)12(8-15)11-7-9(16)3-4-13(11)17/h3-4,7,10,12H,5-6,8H2,1-2H3,(H,18,19). The first-order chi connectivity index (χ1) is 8.80. The van der Waals surface area contributed by atoms with E-state index in [1.165, 1.54) is 0 Å². The van der Waals surface area contributed by atoms with Gasteiger partial charge in [0.1, 0.15) is 0 Å². The Morgan fingerprint density at radius 1 is 1.37 bits per heavy atom. The molecule has 19 heavy (non-hydrogen) atoms. The highest BCUT2D eigenvalue weighted by atomic mass is 35.5. The van der Waals surface area contributed by atoms with Crippen LogP contribution in [0.1, 0.15) is 44.6 Å². The first-order valence-electron chi connectivity index (χ1n) is 6.48. The molecule has 2 nitrogen and oxygen atoms in total. The maximum atomic E-state index is 11.5. The molecule has 1 aromatic rings. The van der Waals surface area contributed by atoms with E-state index < -0.39 is 5.97 Å². The molecule has 0 amide bonds. The molecule has 1 fully saturated rings. The molecule has 1 aromatic carbocycles. The Labute approximate surface area is 123 Å². The molecule has 1 aliphatic rings. The number of hydrogen-bond donors (Lipinski definition) is 1. The number of aliphatic carboxylic acids is 1. The van der Waals surface area contributed by atoms with Gasteiger partial charge in [-0.2, -0.15) is 0 Å². The van der Waals surface area contributed by atoms with Crippen LogP contribution in [0.15, 0.2) is 18.2 Å². The van der Waals surface area contributed by atoms with Gasteiger partial charge in [0.15, 0.2) is 0 Å². The van der Waals surface area contributed by atoms with Crippen LogP contribution in [0.25, 0.3) is 0 Å². The summed E-state index contributed by atoms with van der Waals surface area (Å²) in [6.07, 6.45) is 2.44. The first-order valence-corrected chi connectivity index (χ1v) is 7.23. The zero-order chi connectivity index (χ0) is 14.2. The van der Waals surface area contributed by atoms with E-state index in [1.54, 1.807) is 12.1 Å². The van der Waals surface area contributed by atoms with Crippen molar-refractivity contribution in [3.8, 4) is 0 Å². The van der Waals surface area contributed by atoms with Crippen molar-refractivity contribution in [1.82, 2.24) is 0 Å². The van der Waals surface area contributed by atoms with E-state index in [0.29, 0.717) is 16.5 Å². The third-order valence-corrected chi connectivity index (χ3v) is 4.64. The smallest absolute Gasteiger partial charge is 0.307 e. The average Bonchev–Trinajstić information content (AvgIpc) is 2.30. The third-order valence-electron chi connectivity index (χ3n) is 4.07. The molecule has 2 rings (SSSR count). The van der Waals surface area contributed by atoms with Gasteiger partial charge in [0.25, 0.3) is 0 Å². The molecule has 0 bridgehead atoms. The number of carbonyl (C=O) groups is 1. The van der Waals surface area contributed by atoms with Crippen LogP contribution < -0.4 is 0 Å². The van der Waals surface area contributed by atoms with Crippen molar-refractivity contribution in [1.29, 1.82) is 0 Å². The third kappa shape index (κ3) is 3.24. The van der Waals surface area contributed by atoms with Crippen LogP contribution >= 0.6 is 23.2 Å². The van der Waals surface area contributed by atoms with E-state index in [1.807, 2.05) is 6.07 Å².